The third-order valence-corrected chi connectivity index (χ3v) is 11.5. The average Bonchev–Trinajstić information content (AvgIpc) is 3.10. The molecule has 0 unspecified atom stereocenters. The zero-order valence-corrected chi connectivity index (χ0v) is 27.2. The summed E-state index contributed by atoms with van der Waals surface area (Å²) in [6.45, 7) is 3.01. The molecule has 2 atom stereocenters. The zero-order chi connectivity index (χ0) is 31.6. The number of esters is 1. The van der Waals surface area contributed by atoms with Crippen LogP contribution in [0.3, 0.4) is 0 Å². The van der Waals surface area contributed by atoms with Crippen molar-refractivity contribution in [2.75, 3.05) is 37.0 Å². The molecule has 4 aromatic rings. The number of morpholine rings is 1. The van der Waals surface area contributed by atoms with E-state index >= 15 is 0 Å². The van der Waals surface area contributed by atoms with Gasteiger partial charge >= 0.3 is 5.97 Å². The van der Waals surface area contributed by atoms with E-state index in [0.29, 0.717) is 29.9 Å². The van der Waals surface area contributed by atoms with E-state index in [9.17, 15) is 14.4 Å². The Morgan fingerprint density at radius 2 is 1.67 bits per heavy atom. The minimum atomic E-state index is -0.663. The van der Waals surface area contributed by atoms with Gasteiger partial charge in [-0.05, 0) is 46.4 Å². The third-order valence-electron chi connectivity index (χ3n) is 8.18. The van der Waals surface area contributed by atoms with Crippen LogP contribution in [0.2, 0.25) is 0 Å². The molecule has 0 radical (unpaired) electrons. The normalized spacial score (nSPS) is 19.9. The van der Waals surface area contributed by atoms with Crippen molar-refractivity contribution in [3.63, 3.8) is 0 Å². The van der Waals surface area contributed by atoms with E-state index in [0.717, 1.165) is 38.8 Å². The molecule has 2 fully saturated rings. The van der Waals surface area contributed by atoms with E-state index in [1.165, 1.54) is 28.4 Å². The van der Waals surface area contributed by atoms with Gasteiger partial charge in [-0.1, -0.05) is 72.4 Å². The van der Waals surface area contributed by atoms with Crippen LogP contribution < -0.4 is 16.1 Å². The van der Waals surface area contributed by atoms with Crippen LogP contribution in [0.1, 0.15) is 17.2 Å². The first-order valence-corrected chi connectivity index (χ1v) is 17.7. The molecular formula is C35H31N3O5S3. The van der Waals surface area contributed by atoms with Gasteiger partial charge in [-0.25, -0.2) is 4.79 Å². The second kappa shape index (κ2) is 13.5. The first-order chi connectivity index (χ1) is 22.5. The molecule has 3 aliphatic heterocycles. The summed E-state index contributed by atoms with van der Waals surface area (Å²) in [7, 11) is 0. The number of carbonyl (C=O) groups excluding carboxylic acids is 2. The summed E-state index contributed by atoms with van der Waals surface area (Å²) >= 11 is 4.48. The summed E-state index contributed by atoms with van der Waals surface area (Å²) in [4.78, 5) is 43.7. The number of nitrogens with two attached hydrogens (primary N) is 1. The number of hydrogen-bond acceptors (Lipinski definition) is 10. The summed E-state index contributed by atoms with van der Waals surface area (Å²) in [5.74, 6) is -0.400. The highest BCUT2D eigenvalue weighted by Gasteiger charge is 2.52. The first kappa shape index (κ1) is 30.8. The Balaban J connectivity index is 1.17. The standard InChI is InChI=1S/C35H31N3O5S3/c36-30-33(40)38-31(35(41)43-32(22-7-3-1-4-8-22)23-9-5-2-6-10-23)24(21-45-34(30)38)13-18-44-29-20-27(39)26-12-11-25(19-28(26)46-29)37-14-16-42-17-15-37/h1-13,18-20,30,32,34H,14-17,21,36H2/t30-,34+/m1/s1. The Bertz CT molecular complexity index is 1850. The lowest BCUT2D eigenvalue weighted by Gasteiger charge is -2.48. The minimum Gasteiger partial charge on any atom is -0.448 e. The number of ether oxygens (including phenoxy) is 2. The van der Waals surface area contributed by atoms with Crippen molar-refractivity contribution < 1.29 is 19.1 Å². The van der Waals surface area contributed by atoms with Crippen LogP contribution in [0, 0.1) is 0 Å². The number of carbonyl (C=O) groups is 2. The van der Waals surface area contributed by atoms with Gasteiger partial charge in [-0.15, -0.1) is 23.1 Å². The van der Waals surface area contributed by atoms with Gasteiger partial charge in [-0.2, -0.15) is 0 Å². The molecule has 234 valence electrons. The van der Waals surface area contributed by atoms with Crippen molar-refractivity contribution in [2.45, 2.75) is 21.7 Å². The number of fused-ring (bicyclic) bond motifs is 2. The van der Waals surface area contributed by atoms with Gasteiger partial charge in [0, 0.05) is 40.7 Å². The van der Waals surface area contributed by atoms with E-state index in [2.05, 4.69) is 11.0 Å². The van der Waals surface area contributed by atoms with E-state index in [1.807, 2.05) is 84.3 Å². The van der Waals surface area contributed by atoms with E-state index in [4.69, 9.17) is 15.2 Å². The fourth-order valence-electron chi connectivity index (χ4n) is 5.79. The van der Waals surface area contributed by atoms with Crippen LogP contribution in [0.15, 0.2) is 117 Å². The zero-order valence-electron chi connectivity index (χ0n) is 24.7. The van der Waals surface area contributed by atoms with Gasteiger partial charge in [0.1, 0.15) is 17.1 Å². The van der Waals surface area contributed by atoms with Gasteiger partial charge in [0.2, 0.25) is 5.91 Å². The first-order valence-electron chi connectivity index (χ1n) is 15.0. The maximum atomic E-state index is 14.0. The molecule has 8 nitrogen and oxygen atoms in total. The molecule has 1 aromatic heterocycles. The predicted octanol–water partition coefficient (Wildman–Crippen LogP) is 5.53. The molecule has 0 saturated carbocycles. The minimum absolute atomic E-state index is 0.0363. The summed E-state index contributed by atoms with van der Waals surface area (Å²) < 4.78 is 13.4. The van der Waals surface area contributed by atoms with Crippen LogP contribution in [0.4, 0.5) is 5.69 Å². The Morgan fingerprint density at radius 1 is 0.978 bits per heavy atom. The van der Waals surface area contributed by atoms with Gasteiger partial charge in [0.15, 0.2) is 11.5 Å². The molecule has 3 aromatic carbocycles. The highest BCUT2D eigenvalue weighted by molar-refractivity contribution is 8.04. The second-order valence-electron chi connectivity index (χ2n) is 11.0. The summed E-state index contributed by atoms with van der Waals surface area (Å²) in [6.07, 6.45) is 1.19. The Hall–Kier alpha value is -3.87. The predicted molar refractivity (Wildman–Crippen MR) is 185 cm³/mol. The molecule has 3 aliphatic rings. The third kappa shape index (κ3) is 6.13. The van der Waals surface area contributed by atoms with Crippen molar-refractivity contribution >= 4 is 62.5 Å². The molecule has 2 N–H and O–H groups in total. The number of thioether (sulfide) groups is 2. The summed E-state index contributed by atoms with van der Waals surface area (Å²) in [6, 6.07) is 26.1. The van der Waals surface area contributed by atoms with Crippen LogP contribution >= 0.6 is 34.9 Å². The van der Waals surface area contributed by atoms with Crippen molar-refractivity contribution in [3.05, 3.63) is 129 Å². The molecule has 1 amide bonds. The quantitative estimate of drug-likeness (QED) is 0.147. The molecule has 0 spiro atoms. The van der Waals surface area contributed by atoms with E-state index in [1.54, 1.807) is 17.4 Å². The molecule has 0 aliphatic carbocycles. The van der Waals surface area contributed by atoms with Crippen molar-refractivity contribution in [2.24, 2.45) is 5.73 Å². The fraction of sp³-hybridized carbons (Fsp3) is 0.229. The second-order valence-corrected chi connectivity index (χ2v) is 14.4. The molecule has 11 heteroatoms. The topological polar surface area (TPSA) is 102 Å². The lowest BCUT2D eigenvalue weighted by molar-refractivity contribution is -0.153. The molecular weight excluding hydrogens is 639 g/mol. The van der Waals surface area contributed by atoms with Crippen LogP contribution in [-0.2, 0) is 19.1 Å². The molecule has 0 bridgehead atoms. The maximum Gasteiger partial charge on any atom is 0.356 e. The Morgan fingerprint density at radius 3 is 2.37 bits per heavy atom. The number of allylic oxidation sites excluding steroid dienone is 1. The van der Waals surface area contributed by atoms with E-state index in [-0.39, 0.29) is 22.4 Å². The maximum absolute atomic E-state index is 14.0. The Kier molecular flexibility index (Phi) is 9.01. The van der Waals surface area contributed by atoms with Gasteiger partial charge in [0.05, 0.1) is 17.4 Å². The Labute approximate surface area is 278 Å². The molecule has 4 heterocycles. The number of nitrogens with zero attached hydrogens (tertiary/aromatic N) is 2. The number of amides is 1. The van der Waals surface area contributed by atoms with Crippen molar-refractivity contribution in [1.82, 2.24) is 4.90 Å². The van der Waals surface area contributed by atoms with Crippen molar-refractivity contribution in [3.8, 4) is 0 Å². The average molecular weight is 670 g/mol. The molecule has 46 heavy (non-hydrogen) atoms. The number of benzene rings is 3. The van der Waals surface area contributed by atoms with Crippen LogP contribution in [-0.4, -0.2) is 60.2 Å². The highest BCUT2D eigenvalue weighted by atomic mass is 32.2. The molecule has 2 saturated heterocycles. The summed E-state index contributed by atoms with van der Waals surface area (Å²) in [5, 5.41) is 2.23. The number of hydrogen-bond donors (Lipinski definition) is 1. The summed E-state index contributed by atoms with van der Waals surface area (Å²) in [5.41, 5.74) is 9.69. The van der Waals surface area contributed by atoms with Gasteiger partial charge in [-0.3, -0.25) is 14.5 Å². The molecule has 7 rings (SSSR count). The van der Waals surface area contributed by atoms with Crippen LogP contribution in [0.5, 0.6) is 0 Å². The van der Waals surface area contributed by atoms with Gasteiger partial charge in [0.25, 0.3) is 0 Å². The fourth-order valence-corrected chi connectivity index (χ4v) is 9.06. The lowest BCUT2D eigenvalue weighted by atomic mass is 10.0. The highest BCUT2D eigenvalue weighted by Crippen LogP contribution is 2.41. The van der Waals surface area contributed by atoms with Gasteiger partial charge < -0.3 is 20.1 Å². The number of anilines is 1. The van der Waals surface area contributed by atoms with Crippen LogP contribution in [0.25, 0.3) is 10.1 Å². The largest absolute Gasteiger partial charge is 0.448 e. The van der Waals surface area contributed by atoms with E-state index < -0.39 is 18.1 Å². The smallest absolute Gasteiger partial charge is 0.356 e. The monoisotopic (exact) mass is 669 g/mol. The lowest BCUT2D eigenvalue weighted by Crippen LogP contribution is -2.68. The number of rotatable bonds is 8. The van der Waals surface area contributed by atoms with Crippen molar-refractivity contribution in [1.29, 1.82) is 0 Å². The number of β-lactam (4-membered cyclic amide) rings is 1. The SMILES string of the molecule is N[C@@H]1C(=O)N2C(C(=O)OC(c3ccccc3)c3ccccc3)=C(C=CSc3cc(=O)c4ccc(N5CCOCC5)cc4s3)CS[C@@H]12.